The van der Waals surface area contributed by atoms with E-state index >= 15 is 0 Å². The van der Waals surface area contributed by atoms with Crippen LogP contribution < -0.4 is 0 Å². The Kier molecular flexibility index (Phi) is 414. The quantitative estimate of drug-likeness (QED) is 0.591. The van der Waals surface area contributed by atoms with Crippen molar-refractivity contribution in [2.45, 2.75) is 0 Å². The molecule has 0 rings (SSSR count). The Morgan fingerprint density at radius 2 is 0.400 bits per heavy atom. The second-order valence-electron chi connectivity index (χ2n) is 0. The van der Waals surface area contributed by atoms with Gasteiger partial charge in [-0.25, -0.2) is 0 Å². The number of hydrogen-bond acceptors (Lipinski definition) is 0. The molecule has 0 aliphatic heterocycles. The van der Waals surface area contributed by atoms with Crippen LogP contribution in [0.5, 0.6) is 0 Å². The van der Waals surface area contributed by atoms with Crippen LogP contribution in [0, 0.1) is 29.2 Å². The van der Waals surface area contributed by atoms with E-state index in [1.165, 1.54) is 0 Å². The monoisotopic (exact) mass is 382 g/mol. The van der Waals surface area contributed by atoms with Crippen LogP contribution in [0.25, 0.3) is 0 Å². The Morgan fingerprint density at radius 3 is 0.400 bits per heavy atom. The van der Waals surface area contributed by atoms with E-state index in [9.17, 15) is 0 Å². The van der Waals surface area contributed by atoms with Crippen LogP contribution in [0.4, 0.5) is 0 Å². The predicted octanol–water partition coefficient (Wildman–Crippen LogP) is 1.69. The minimum Gasteiger partial charge on any atom is -0.147 e. The van der Waals surface area contributed by atoms with Crippen molar-refractivity contribution in [2.24, 2.45) is 0 Å². The Balaban J connectivity index is 0. The fourth-order valence-corrected chi connectivity index (χ4v) is 0. The van der Waals surface area contributed by atoms with Gasteiger partial charge in [-0.2, -0.15) is 0 Å². The maximum absolute atomic E-state index is 0. The van der Waals surface area contributed by atoms with E-state index < -0.39 is 0 Å². The van der Waals surface area contributed by atoms with E-state index in [-0.39, 0.29) is 78.8 Å². The molecule has 0 heterocycles. The smallest absolute Gasteiger partial charge is 0 e. The van der Waals surface area contributed by atoms with Gasteiger partial charge in [-0.3, -0.25) is 0 Å². The molecule has 0 aromatic carbocycles. The van der Waals surface area contributed by atoms with Crippen molar-refractivity contribution in [3.8, 4) is 0 Å². The van der Waals surface area contributed by atoms with Crippen molar-refractivity contribution >= 4 is 49.6 Å². The van der Waals surface area contributed by atoms with E-state index in [0.717, 1.165) is 0 Å². The zero-order chi connectivity index (χ0) is 0. The Bertz CT molecular complexity index is 3.61. The van der Waals surface area contributed by atoms with E-state index in [1.807, 2.05) is 0 Å². The van der Waals surface area contributed by atoms with Gasteiger partial charge in [0, 0.05) is 29.2 Å². The van der Waals surface area contributed by atoms with Gasteiger partial charge < -0.3 is 0 Å². The van der Waals surface area contributed by atoms with Crippen LogP contribution >= 0.6 is 49.6 Å². The normalized spacial score (nSPS) is 0. The summed E-state index contributed by atoms with van der Waals surface area (Å²) in [4.78, 5) is 0. The summed E-state index contributed by atoms with van der Waals surface area (Å²) in [5.74, 6) is 0. The molecule has 0 spiro atoms. The van der Waals surface area contributed by atoms with Gasteiger partial charge in [0.2, 0.25) is 0 Å². The first-order valence-corrected chi connectivity index (χ1v) is 0. The predicted molar refractivity (Wildman–Crippen MR) is 29.0 cm³/mol. The van der Waals surface area contributed by atoms with Crippen molar-refractivity contribution in [1.29, 1.82) is 0 Å². The van der Waals surface area contributed by atoms with Crippen molar-refractivity contribution < 1.29 is 29.2 Å². The molecule has 0 atom stereocenters. The molecule has 0 aliphatic carbocycles. The molecule has 0 aliphatic rings. The molecule has 0 aromatic rings. The van der Waals surface area contributed by atoms with E-state index in [0.29, 0.717) is 0 Å². The molecule has 0 saturated carbocycles. The molecule has 0 nitrogen and oxygen atoms in total. The summed E-state index contributed by atoms with van der Waals surface area (Å²) < 4.78 is 0. The number of rotatable bonds is 0. The summed E-state index contributed by atoms with van der Waals surface area (Å²) in [6.07, 6.45) is 0. The molecule has 0 radical (unpaired) electrons. The summed E-state index contributed by atoms with van der Waals surface area (Å²) in [6, 6.07) is 0. The molecule has 0 fully saturated rings. The first-order chi connectivity index (χ1) is 0. The fourth-order valence-electron chi connectivity index (χ4n) is 0. The zero-order valence-electron chi connectivity index (χ0n) is 2.04. The maximum Gasteiger partial charge on any atom is 0 e. The second kappa shape index (κ2) is 35.3. The SMILES string of the molecule is Cl.Cl.Cl.Cl.[Pu]. The molecule has 5 heteroatoms. The van der Waals surface area contributed by atoms with Gasteiger partial charge in [0.05, 0.1) is 0 Å². The third kappa shape index (κ3) is 22.9. The molecule has 0 saturated heterocycles. The van der Waals surface area contributed by atoms with Crippen molar-refractivity contribution in [2.75, 3.05) is 0 Å². The van der Waals surface area contributed by atoms with Gasteiger partial charge in [-0.05, 0) is 0 Å². The van der Waals surface area contributed by atoms with Gasteiger partial charge in [0.25, 0.3) is 0 Å². The molecule has 0 N–H and O–H groups in total. The van der Waals surface area contributed by atoms with E-state index in [4.69, 9.17) is 0 Å². The zero-order valence-corrected chi connectivity index (χ0v) is 8.71. The third-order valence-corrected chi connectivity index (χ3v) is 0. The largest absolute Gasteiger partial charge is 0.147 e. The third-order valence-electron chi connectivity index (χ3n) is 0. The number of halogens is 4. The van der Waals surface area contributed by atoms with Gasteiger partial charge in [0.15, 0.2) is 0 Å². The molecule has 0 aromatic heterocycles. The minimum atomic E-state index is 0. The van der Waals surface area contributed by atoms with Crippen LogP contribution in [0.15, 0.2) is 0 Å². The van der Waals surface area contributed by atoms with Crippen LogP contribution in [0.3, 0.4) is 0 Å². The Hall–Kier alpha value is 2.15. The van der Waals surface area contributed by atoms with Crippen LogP contribution in [0.1, 0.15) is 0 Å². The van der Waals surface area contributed by atoms with Gasteiger partial charge in [0.1, 0.15) is 0 Å². The average molecular weight is 390 g/mol. The fraction of sp³-hybridized carbons (Fsp3) is 0. The Morgan fingerprint density at radius 1 is 0.400 bits per heavy atom. The summed E-state index contributed by atoms with van der Waals surface area (Å²) in [6.45, 7) is 0. The van der Waals surface area contributed by atoms with Crippen molar-refractivity contribution in [1.82, 2.24) is 0 Å². The van der Waals surface area contributed by atoms with E-state index in [2.05, 4.69) is 0 Å². The minimum absolute atomic E-state index is 0. The van der Waals surface area contributed by atoms with Gasteiger partial charge in [-0.15, -0.1) is 49.6 Å². The molecule has 0 unspecified atom stereocenters. The van der Waals surface area contributed by atoms with Gasteiger partial charge >= 0.3 is 0 Å². The molecule has 5 heavy (non-hydrogen) atoms. The topological polar surface area (TPSA) is 0 Å². The first kappa shape index (κ1) is 58.6. The standard InChI is InChI=1S/4ClH.Pu/h4*1H;. The van der Waals surface area contributed by atoms with E-state index in [1.54, 1.807) is 0 Å². The number of hydrogen-bond donors (Lipinski definition) is 0. The van der Waals surface area contributed by atoms with Crippen molar-refractivity contribution in [3.63, 3.8) is 0 Å². The summed E-state index contributed by atoms with van der Waals surface area (Å²) in [5.41, 5.74) is 0. The second-order valence-corrected chi connectivity index (χ2v) is 0. The molecule has 38 valence electrons. The van der Waals surface area contributed by atoms with Crippen LogP contribution in [0.2, 0.25) is 0 Å². The van der Waals surface area contributed by atoms with Crippen LogP contribution in [-0.4, -0.2) is 0 Å². The first-order valence-electron chi connectivity index (χ1n) is 0. The summed E-state index contributed by atoms with van der Waals surface area (Å²) in [7, 11) is 0. The molecular formula is H4Cl4Pu. The van der Waals surface area contributed by atoms with Crippen molar-refractivity contribution in [3.05, 3.63) is 0 Å². The summed E-state index contributed by atoms with van der Waals surface area (Å²) >= 11 is 0. The van der Waals surface area contributed by atoms with Crippen LogP contribution in [-0.2, 0) is 0 Å². The molecule has 0 amide bonds. The summed E-state index contributed by atoms with van der Waals surface area (Å²) in [5, 5.41) is 0. The van der Waals surface area contributed by atoms with Gasteiger partial charge in [-0.1, -0.05) is 0 Å². The molecule has 0 bridgehead atoms. The average Bonchev–Trinajstić information content (AvgIpc) is 0. The Labute approximate surface area is 78.0 Å². The molecular weight excluding hydrogens is 386 g/mol. The maximum atomic E-state index is 0.